The van der Waals surface area contributed by atoms with Gasteiger partial charge in [0.25, 0.3) is 0 Å². The number of unbranched alkanes of at least 4 members (excludes halogenated alkanes) is 3. The van der Waals surface area contributed by atoms with Gasteiger partial charge in [0.15, 0.2) is 0 Å². The molecule has 0 amide bonds. The van der Waals surface area contributed by atoms with E-state index in [-0.39, 0.29) is 0 Å². The van der Waals surface area contributed by atoms with Crippen LogP contribution in [-0.2, 0) is 8.85 Å². The normalized spacial score (nSPS) is 11.8. The van der Waals surface area contributed by atoms with Gasteiger partial charge in [0.05, 0.1) is 0 Å². The smallest absolute Gasteiger partial charge is 0.331 e. The maximum absolute atomic E-state index is 5.84. The van der Waals surface area contributed by atoms with E-state index < -0.39 is 8.56 Å². The fourth-order valence-electron chi connectivity index (χ4n) is 1.36. The summed E-state index contributed by atoms with van der Waals surface area (Å²) in [5.74, 6) is 0. The highest BCUT2D eigenvalue weighted by Crippen LogP contribution is 2.10. The maximum Gasteiger partial charge on any atom is 0.331 e. The molecule has 16 heavy (non-hydrogen) atoms. The minimum Gasteiger partial charge on any atom is -0.395 e. The highest BCUT2D eigenvalue weighted by atomic mass is 28.4. The second-order valence-electron chi connectivity index (χ2n) is 4.86. The van der Waals surface area contributed by atoms with Crippen LogP contribution < -0.4 is 0 Å². The fraction of sp³-hybridized carbons (Fsp3) is 0.846. The van der Waals surface area contributed by atoms with E-state index in [1.807, 2.05) is 6.92 Å². The lowest BCUT2D eigenvalue weighted by molar-refractivity contribution is 0.177. The summed E-state index contributed by atoms with van der Waals surface area (Å²) in [5.41, 5.74) is 1.17. The standard InChI is InChI=1S/C13H28O2Si/c1-6-7-8-9-11-14-16(4,5)15-12-10-13(2)3/h2,6-12H2,1,3-5H3. The first-order chi connectivity index (χ1) is 7.48. The van der Waals surface area contributed by atoms with Gasteiger partial charge in [-0.3, -0.25) is 0 Å². The molecule has 0 rings (SSSR count). The van der Waals surface area contributed by atoms with Crippen LogP contribution >= 0.6 is 0 Å². The third kappa shape index (κ3) is 10.4. The Kier molecular flexibility index (Phi) is 8.90. The molecule has 0 unspecified atom stereocenters. The average molecular weight is 244 g/mol. The molecule has 0 aromatic heterocycles. The molecular formula is C13H28O2Si. The second-order valence-corrected chi connectivity index (χ2v) is 8.24. The van der Waals surface area contributed by atoms with Gasteiger partial charge in [-0.25, -0.2) is 0 Å². The number of rotatable bonds is 10. The topological polar surface area (TPSA) is 18.5 Å². The van der Waals surface area contributed by atoms with Crippen molar-refractivity contribution in [2.24, 2.45) is 0 Å². The van der Waals surface area contributed by atoms with Gasteiger partial charge in [0.1, 0.15) is 0 Å². The molecule has 96 valence electrons. The molecule has 0 fully saturated rings. The molecule has 0 aliphatic heterocycles. The molecule has 2 nitrogen and oxygen atoms in total. The fourth-order valence-corrected chi connectivity index (χ4v) is 2.67. The van der Waals surface area contributed by atoms with E-state index in [0.717, 1.165) is 26.1 Å². The highest BCUT2D eigenvalue weighted by Gasteiger charge is 2.23. The minimum absolute atomic E-state index is 0.753. The van der Waals surface area contributed by atoms with Crippen molar-refractivity contribution in [2.45, 2.75) is 59.0 Å². The van der Waals surface area contributed by atoms with Crippen molar-refractivity contribution < 1.29 is 8.85 Å². The van der Waals surface area contributed by atoms with Crippen molar-refractivity contribution in [3.63, 3.8) is 0 Å². The Balaban J connectivity index is 3.49. The maximum atomic E-state index is 5.84. The number of hydrogen-bond donors (Lipinski definition) is 0. The number of hydrogen-bond acceptors (Lipinski definition) is 2. The van der Waals surface area contributed by atoms with Crippen molar-refractivity contribution in [1.29, 1.82) is 0 Å². The van der Waals surface area contributed by atoms with Crippen molar-refractivity contribution in [3.8, 4) is 0 Å². The van der Waals surface area contributed by atoms with Crippen LogP contribution in [0.5, 0.6) is 0 Å². The summed E-state index contributed by atoms with van der Waals surface area (Å²) in [4.78, 5) is 0. The van der Waals surface area contributed by atoms with Crippen LogP contribution in [0.2, 0.25) is 13.1 Å². The van der Waals surface area contributed by atoms with Gasteiger partial charge in [0, 0.05) is 13.2 Å². The molecule has 0 bridgehead atoms. The lowest BCUT2D eigenvalue weighted by Crippen LogP contribution is -2.35. The average Bonchev–Trinajstić information content (AvgIpc) is 2.16. The van der Waals surface area contributed by atoms with E-state index in [2.05, 4.69) is 26.6 Å². The van der Waals surface area contributed by atoms with Gasteiger partial charge < -0.3 is 8.85 Å². The summed E-state index contributed by atoms with van der Waals surface area (Å²) in [5, 5.41) is 0. The largest absolute Gasteiger partial charge is 0.395 e. The quantitative estimate of drug-likeness (QED) is 0.325. The SMILES string of the molecule is C=C(C)CCO[Si](C)(C)OCCCCCC. The third-order valence-corrected chi connectivity index (χ3v) is 4.22. The zero-order valence-corrected chi connectivity index (χ0v) is 12.5. The lowest BCUT2D eigenvalue weighted by atomic mass is 10.2. The molecule has 0 aliphatic rings. The zero-order valence-electron chi connectivity index (χ0n) is 11.5. The van der Waals surface area contributed by atoms with E-state index in [0.29, 0.717) is 0 Å². The summed E-state index contributed by atoms with van der Waals surface area (Å²) in [6, 6.07) is 0. The molecule has 0 aromatic rings. The molecule has 0 N–H and O–H groups in total. The van der Waals surface area contributed by atoms with E-state index in [1.165, 1.54) is 24.8 Å². The summed E-state index contributed by atoms with van der Waals surface area (Å²) in [7, 11) is -1.87. The summed E-state index contributed by atoms with van der Waals surface area (Å²) >= 11 is 0. The first-order valence-electron chi connectivity index (χ1n) is 6.40. The van der Waals surface area contributed by atoms with Crippen molar-refractivity contribution in [1.82, 2.24) is 0 Å². The van der Waals surface area contributed by atoms with Gasteiger partial charge >= 0.3 is 8.56 Å². The van der Waals surface area contributed by atoms with E-state index >= 15 is 0 Å². The highest BCUT2D eigenvalue weighted by molar-refractivity contribution is 6.64. The first kappa shape index (κ1) is 15.9. The molecule has 0 atom stereocenters. The van der Waals surface area contributed by atoms with Gasteiger partial charge in [0.2, 0.25) is 0 Å². The van der Waals surface area contributed by atoms with Crippen molar-refractivity contribution >= 4 is 8.56 Å². The van der Waals surface area contributed by atoms with Crippen LogP contribution in [-0.4, -0.2) is 21.8 Å². The predicted molar refractivity (Wildman–Crippen MR) is 73.0 cm³/mol. The Morgan fingerprint density at radius 1 is 1.06 bits per heavy atom. The van der Waals surface area contributed by atoms with Crippen LogP contribution in [0.4, 0.5) is 0 Å². The molecule has 0 aliphatic carbocycles. The van der Waals surface area contributed by atoms with Crippen LogP contribution in [0.1, 0.15) is 46.0 Å². The predicted octanol–water partition coefficient (Wildman–Crippen LogP) is 4.27. The first-order valence-corrected chi connectivity index (χ1v) is 9.22. The van der Waals surface area contributed by atoms with E-state index in [4.69, 9.17) is 8.85 Å². The Morgan fingerprint density at radius 2 is 1.69 bits per heavy atom. The molecule has 3 heteroatoms. The van der Waals surface area contributed by atoms with E-state index in [1.54, 1.807) is 0 Å². The molecule has 0 radical (unpaired) electrons. The van der Waals surface area contributed by atoms with Crippen LogP contribution in [0.3, 0.4) is 0 Å². The van der Waals surface area contributed by atoms with Crippen molar-refractivity contribution in [3.05, 3.63) is 12.2 Å². The van der Waals surface area contributed by atoms with Crippen LogP contribution in [0.15, 0.2) is 12.2 Å². The van der Waals surface area contributed by atoms with E-state index in [9.17, 15) is 0 Å². The summed E-state index contributed by atoms with van der Waals surface area (Å²) < 4.78 is 11.6. The third-order valence-electron chi connectivity index (χ3n) is 2.43. The van der Waals surface area contributed by atoms with Gasteiger partial charge in [-0.15, -0.1) is 6.58 Å². The Hall–Kier alpha value is -0.123. The monoisotopic (exact) mass is 244 g/mol. The molecule has 0 aromatic carbocycles. The summed E-state index contributed by atoms with van der Waals surface area (Å²) in [6.45, 7) is 14.0. The van der Waals surface area contributed by atoms with Crippen LogP contribution in [0.25, 0.3) is 0 Å². The Labute approximate surface area is 102 Å². The molecular weight excluding hydrogens is 216 g/mol. The minimum atomic E-state index is -1.87. The molecule has 0 saturated heterocycles. The Morgan fingerprint density at radius 3 is 2.25 bits per heavy atom. The zero-order chi connectivity index (χ0) is 12.4. The van der Waals surface area contributed by atoms with Gasteiger partial charge in [-0.1, -0.05) is 31.8 Å². The van der Waals surface area contributed by atoms with Crippen molar-refractivity contribution in [2.75, 3.05) is 13.2 Å². The van der Waals surface area contributed by atoms with Crippen LogP contribution in [0, 0.1) is 0 Å². The molecule has 0 heterocycles. The second kappa shape index (κ2) is 8.96. The van der Waals surface area contributed by atoms with Gasteiger partial charge in [-0.2, -0.15) is 0 Å². The lowest BCUT2D eigenvalue weighted by Gasteiger charge is -2.22. The Bertz CT molecular complexity index is 190. The summed E-state index contributed by atoms with van der Waals surface area (Å²) in [6.07, 6.45) is 5.95. The molecule has 0 saturated carbocycles. The van der Waals surface area contributed by atoms with Gasteiger partial charge in [-0.05, 0) is 32.9 Å². The molecule has 0 spiro atoms.